The number of hydrogen-bond donors (Lipinski definition) is 2. The first-order chi connectivity index (χ1) is 7.34. The highest BCUT2D eigenvalue weighted by Crippen LogP contribution is 2.43. The molecule has 84 valence electrons. The molecule has 1 unspecified atom stereocenters. The Balaban J connectivity index is 0.000000963. The minimum absolute atomic E-state index is 0. The standard InChI is InChI=1S/C8H7N5O2.ClH/c9-4-2-1-3-5-6(4)15-8(14-5)7-10-12-13-11-7;/h1-3,8H,9H2,(H,10,11,12,13);1H. The fourth-order valence-electron chi connectivity index (χ4n) is 1.37. The minimum atomic E-state index is -0.677. The average Bonchev–Trinajstić information content (AvgIpc) is 2.86. The Labute approximate surface area is 96.3 Å². The number of aromatic amines is 1. The van der Waals surface area contributed by atoms with Crippen LogP contribution in [-0.2, 0) is 0 Å². The van der Waals surface area contributed by atoms with Gasteiger partial charge in [0.2, 0.25) is 0 Å². The third-order valence-corrected chi connectivity index (χ3v) is 2.04. The lowest BCUT2D eigenvalue weighted by Gasteiger charge is -2.03. The first kappa shape index (κ1) is 10.5. The van der Waals surface area contributed by atoms with Gasteiger partial charge in [-0.25, -0.2) is 0 Å². The van der Waals surface area contributed by atoms with E-state index in [-0.39, 0.29) is 12.4 Å². The van der Waals surface area contributed by atoms with Gasteiger partial charge in [0.25, 0.3) is 5.82 Å². The van der Waals surface area contributed by atoms with Crippen LogP contribution in [0.4, 0.5) is 5.69 Å². The molecule has 0 saturated heterocycles. The van der Waals surface area contributed by atoms with Crippen LogP contribution >= 0.6 is 12.4 Å². The van der Waals surface area contributed by atoms with Gasteiger partial charge in [-0.2, -0.15) is 5.21 Å². The molecule has 0 bridgehead atoms. The predicted molar refractivity (Wildman–Crippen MR) is 56.3 cm³/mol. The first-order valence-electron chi connectivity index (χ1n) is 4.30. The quantitative estimate of drug-likeness (QED) is 0.712. The minimum Gasteiger partial charge on any atom is -0.444 e. The highest BCUT2D eigenvalue weighted by Gasteiger charge is 2.30. The van der Waals surface area contributed by atoms with Crippen molar-refractivity contribution in [3.8, 4) is 11.5 Å². The number of anilines is 1. The molecule has 1 aromatic carbocycles. The van der Waals surface area contributed by atoms with Gasteiger partial charge in [0, 0.05) is 0 Å². The number of benzene rings is 1. The van der Waals surface area contributed by atoms with Crippen LogP contribution in [0.1, 0.15) is 12.1 Å². The molecule has 1 atom stereocenters. The second-order valence-corrected chi connectivity index (χ2v) is 3.01. The first-order valence-corrected chi connectivity index (χ1v) is 4.30. The highest BCUT2D eigenvalue weighted by molar-refractivity contribution is 5.85. The molecule has 2 aromatic rings. The van der Waals surface area contributed by atoms with Crippen LogP contribution in [0.15, 0.2) is 18.2 Å². The van der Waals surface area contributed by atoms with Gasteiger partial charge in [0.05, 0.1) is 5.69 Å². The fraction of sp³-hybridized carbons (Fsp3) is 0.125. The van der Waals surface area contributed by atoms with Crippen LogP contribution in [0.3, 0.4) is 0 Å². The summed E-state index contributed by atoms with van der Waals surface area (Å²) in [4.78, 5) is 0. The van der Waals surface area contributed by atoms with Crippen molar-refractivity contribution in [2.24, 2.45) is 0 Å². The maximum atomic E-state index is 5.72. The number of nitrogens with zero attached hydrogens (tertiary/aromatic N) is 3. The zero-order valence-corrected chi connectivity index (χ0v) is 8.77. The Morgan fingerprint density at radius 3 is 2.88 bits per heavy atom. The van der Waals surface area contributed by atoms with E-state index in [1.807, 2.05) is 0 Å². The molecular formula is C8H8ClN5O2. The zero-order chi connectivity index (χ0) is 10.3. The molecule has 3 rings (SSSR count). The Morgan fingerprint density at radius 1 is 1.31 bits per heavy atom. The van der Waals surface area contributed by atoms with E-state index < -0.39 is 6.29 Å². The van der Waals surface area contributed by atoms with Crippen molar-refractivity contribution in [2.45, 2.75) is 6.29 Å². The molecule has 1 aliphatic rings. The van der Waals surface area contributed by atoms with Crippen molar-refractivity contribution in [2.75, 3.05) is 5.73 Å². The molecule has 0 saturated carbocycles. The number of aromatic nitrogens is 4. The van der Waals surface area contributed by atoms with Crippen LogP contribution in [0.2, 0.25) is 0 Å². The van der Waals surface area contributed by atoms with Crippen molar-refractivity contribution in [3.63, 3.8) is 0 Å². The molecule has 0 fully saturated rings. The smallest absolute Gasteiger partial charge is 0.306 e. The zero-order valence-electron chi connectivity index (χ0n) is 7.95. The van der Waals surface area contributed by atoms with E-state index in [9.17, 15) is 0 Å². The number of H-pyrrole nitrogens is 1. The van der Waals surface area contributed by atoms with Crippen molar-refractivity contribution >= 4 is 18.1 Å². The summed E-state index contributed by atoms with van der Waals surface area (Å²) < 4.78 is 10.9. The average molecular weight is 242 g/mol. The van der Waals surface area contributed by atoms with Crippen molar-refractivity contribution < 1.29 is 9.47 Å². The van der Waals surface area contributed by atoms with E-state index in [0.29, 0.717) is 23.0 Å². The number of halogens is 1. The third-order valence-electron chi connectivity index (χ3n) is 2.04. The number of nitrogens with two attached hydrogens (primary N) is 1. The Hall–Kier alpha value is -2.02. The summed E-state index contributed by atoms with van der Waals surface area (Å²) in [6.45, 7) is 0. The number of para-hydroxylation sites is 1. The molecule has 8 heteroatoms. The summed E-state index contributed by atoms with van der Waals surface area (Å²) in [5.41, 5.74) is 6.24. The van der Waals surface area contributed by atoms with Crippen LogP contribution in [0.25, 0.3) is 0 Å². The maximum Gasteiger partial charge on any atom is 0.306 e. The lowest BCUT2D eigenvalue weighted by atomic mass is 10.3. The van der Waals surface area contributed by atoms with Crippen LogP contribution in [0, 0.1) is 0 Å². The number of nitrogens with one attached hydrogen (secondary N) is 1. The molecular weight excluding hydrogens is 234 g/mol. The van der Waals surface area contributed by atoms with Crippen LogP contribution in [0.5, 0.6) is 11.5 Å². The van der Waals surface area contributed by atoms with Crippen molar-refractivity contribution in [1.29, 1.82) is 0 Å². The van der Waals surface area contributed by atoms with Gasteiger partial charge in [-0.1, -0.05) is 6.07 Å². The van der Waals surface area contributed by atoms with Gasteiger partial charge >= 0.3 is 6.29 Å². The molecule has 0 radical (unpaired) electrons. The molecule has 0 amide bonds. The van der Waals surface area contributed by atoms with Crippen LogP contribution in [-0.4, -0.2) is 20.6 Å². The number of rotatable bonds is 1. The summed E-state index contributed by atoms with van der Waals surface area (Å²) in [6.07, 6.45) is -0.677. The van der Waals surface area contributed by atoms with E-state index in [0.717, 1.165) is 0 Å². The normalized spacial score (nSPS) is 16.9. The van der Waals surface area contributed by atoms with E-state index in [1.54, 1.807) is 18.2 Å². The largest absolute Gasteiger partial charge is 0.444 e. The highest BCUT2D eigenvalue weighted by atomic mass is 35.5. The Morgan fingerprint density at radius 2 is 2.19 bits per heavy atom. The second-order valence-electron chi connectivity index (χ2n) is 3.01. The molecule has 3 N–H and O–H groups in total. The van der Waals surface area contributed by atoms with Gasteiger partial charge in [0.15, 0.2) is 11.5 Å². The number of fused-ring (bicyclic) bond motifs is 1. The van der Waals surface area contributed by atoms with E-state index in [2.05, 4.69) is 20.6 Å². The summed E-state index contributed by atoms with van der Waals surface area (Å²) in [5, 5.41) is 13.3. The van der Waals surface area contributed by atoms with Crippen molar-refractivity contribution in [1.82, 2.24) is 20.6 Å². The van der Waals surface area contributed by atoms with Crippen molar-refractivity contribution in [3.05, 3.63) is 24.0 Å². The van der Waals surface area contributed by atoms with Gasteiger partial charge < -0.3 is 15.2 Å². The number of nitrogen functional groups attached to an aromatic ring is 1. The molecule has 7 nitrogen and oxygen atoms in total. The Bertz CT molecular complexity index is 489. The van der Waals surface area contributed by atoms with E-state index in [4.69, 9.17) is 15.2 Å². The van der Waals surface area contributed by atoms with E-state index >= 15 is 0 Å². The van der Waals surface area contributed by atoms with Gasteiger partial charge in [-0.05, 0) is 17.3 Å². The lowest BCUT2D eigenvalue weighted by Crippen LogP contribution is -2.10. The second kappa shape index (κ2) is 3.86. The SMILES string of the molecule is Cl.Nc1cccc2c1OC(c1nn[nH]n1)O2. The summed E-state index contributed by atoms with van der Waals surface area (Å²) in [5.74, 6) is 1.45. The van der Waals surface area contributed by atoms with Crippen LogP contribution < -0.4 is 15.2 Å². The third kappa shape index (κ3) is 1.50. The van der Waals surface area contributed by atoms with Gasteiger partial charge in [-0.15, -0.1) is 22.6 Å². The van der Waals surface area contributed by atoms with Gasteiger partial charge in [-0.3, -0.25) is 0 Å². The molecule has 2 heterocycles. The maximum absolute atomic E-state index is 5.72. The topological polar surface area (TPSA) is 98.9 Å². The number of ether oxygens (including phenoxy) is 2. The summed E-state index contributed by atoms with van der Waals surface area (Å²) in [6, 6.07) is 5.29. The Kier molecular flexibility index (Phi) is 2.53. The summed E-state index contributed by atoms with van der Waals surface area (Å²) in [7, 11) is 0. The lowest BCUT2D eigenvalue weighted by molar-refractivity contribution is 0.0408. The monoisotopic (exact) mass is 241 g/mol. The van der Waals surface area contributed by atoms with Gasteiger partial charge in [0.1, 0.15) is 0 Å². The number of tetrazole rings is 1. The predicted octanol–water partition coefficient (Wildman–Crippen LogP) is 0.674. The molecule has 0 spiro atoms. The summed E-state index contributed by atoms with van der Waals surface area (Å²) >= 11 is 0. The molecule has 1 aromatic heterocycles. The molecule has 16 heavy (non-hydrogen) atoms. The number of hydrogen-bond acceptors (Lipinski definition) is 6. The van der Waals surface area contributed by atoms with E-state index in [1.165, 1.54) is 0 Å². The fourth-order valence-corrected chi connectivity index (χ4v) is 1.37. The molecule has 1 aliphatic heterocycles. The molecule has 0 aliphatic carbocycles.